The molecule has 0 saturated carbocycles. The third-order valence-corrected chi connectivity index (χ3v) is 2.80. The normalized spacial score (nSPS) is 11.2. The maximum Gasteiger partial charge on any atom is 0.203 e. The minimum absolute atomic E-state index is 0.677. The van der Waals surface area contributed by atoms with Crippen molar-refractivity contribution in [3.63, 3.8) is 0 Å². The molecule has 0 spiro atoms. The van der Waals surface area contributed by atoms with E-state index in [2.05, 4.69) is 28.7 Å². The van der Waals surface area contributed by atoms with E-state index in [4.69, 9.17) is 9.47 Å². The molecule has 5 heteroatoms. The lowest BCUT2D eigenvalue weighted by molar-refractivity contribution is 0.116. The minimum atomic E-state index is 0.677. The average Bonchev–Trinajstić information content (AvgIpc) is 2.69. The Morgan fingerprint density at radius 1 is 1.32 bits per heavy atom. The van der Waals surface area contributed by atoms with Gasteiger partial charge >= 0.3 is 0 Å². The van der Waals surface area contributed by atoms with Crippen LogP contribution in [0.15, 0.2) is 6.20 Å². The molecule has 0 aliphatic carbocycles. The van der Waals surface area contributed by atoms with Crippen molar-refractivity contribution in [2.45, 2.75) is 33.7 Å². The zero-order valence-electron chi connectivity index (χ0n) is 12.6. The van der Waals surface area contributed by atoms with E-state index in [0.717, 1.165) is 44.4 Å². The van der Waals surface area contributed by atoms with Gasteiger partial charge in [0.25, 0.3) is 0 Å². The zero-order chi connectivity index (χ0) is 14.1. The van der Waals surface area contributed by atoms with Gasteiger partial charge in [-0.2, -0.15) is 0 Å². The number of hydrogen-bond acceptors (Lipinski definition) is 4. The van der Waals surface area contributed by atoms with Crippen LogP contribution in [0.3, 0.4) is 0 Å². The van der Waals surface area contributed by atoms with Crippen molar-refractivity contribution in [2.24, 2.45) is 5.92 Å². The molecule has 0 atom stereocenters. The van der Waals surface area contributed by atoms with E-state index in [1.54, 1.807) is 7.11 Å². The summed E-state index contributed by atoms with van der Waals surface area (Å²) in [7, 11) is 1.70. The number of methoxy groups -OCH3 is 1. The molecule has 0 aliphatic heterocycles. The fourth-order valence-corrected chi connectivity index (χ4v) is 1.71. The van der Waals surface area contributed by atoms with Gasteiger partial charge in [0, 0.05) is 33.0 Å². The molecule has 5 nitrogen and oxygen atoms in total. The second kappa shape index (κ2) is 8.93. The third-order valence-electron chi connectivity index (χ3n) is 2.80. The Morgan fingerprint density at radius 2 is 2.11 bits per heavy atom. The van der Waals surface area contributed by atoms with Crippen LogP contribution in [0.5, 0.6) is 0 Å². The molecular formula is C14H27N3O2. The van der Waals surface area contributed by atoms with E-state index in [1.165, 1.54) is 0 Å². The molecule has 1 heterocycles. The van der Waals surface area contributed by atoms with Crippen molar-refractivity contribution in [1.29, 1.82) is 0 Å². The number of rotatable bonds is 10. The molecule has 0 unspecified atom stereocenters. The summed E-state index contributed by atoms with van der Waals surface area (Å²) in [6.45, 7) is 10.2. The number of aryl methyl sites for hydroxylation is 1. The summed E-state index contributed by atoms with van der Waals surface area (Å²) in [5, 5.41) is 3.27. The smallest absolute Gasteiger partial charge is 0.203 e. The lowest BCUT2D eigenvalue weighted by Gasteiger charge is -2.10. The second-order valence-electron chi connectivity index (χ2n) is 5.11. The fraction of sp³-hybridized carbons (Fsp3) is 0.786. The number of anilines is 1. The maximum absolute atomic E-state index is 5.64. The molecule has 110 valence electrons. The summed E-state index contributed by atoms with van der Waals surface area (Å²) in [6.07, 6.45) is 3.16. The zero-order valence-corrected chi connectivity index (χ0v) is 12.6. The minimum Gasteiger partial charge on any atom is -0.383 e. The first kappa shape index (κ1) is 16.0. The predicted molar refractivity (Wildman–Crippen MR) is 77.6 cm³/mol. The van der Waals surface area contributed by atoms with Crippen LogP contribution < -0.4 is 5.32 Å². The highest BCUT2D eigenvalue weighted by atomic mass is 16.5. The molecule has 1 aromatic rings. The SMILES string of the molecule is COCCNc1nc(C)cn1CCOCCC(C)C. The molecule has 1 N–H and O–H groups in total. The van der Waals surface area contributed by atoms with Crippen LogP contribution in [-0.4, -0.2) is 43.0 Å². The lowest BCUT2D eigenvalue weighted by Crippen LogP contribution is -2.14. The van der Waals surface area contributed by atoms with E-state index in [-0.39, 0.29) is 0 Å². The summed E-state index contributed by atoms with van der Waals surface area (Å²) in [4.78, 5) is 4.45. The molecule has 19 heavy (non-hydrogen) atoms. The van der Waals surface area contributed by atoms with Gasteiger partial charge in [0.1, 0.15) is 0 Å². The van der Waals surface area contributed by atoms with Gasteiger partial charge in [-0.3, -0.25) is 0 Å². The van der Waals surface area contributed by atoms with E-state index in [9.17, 15) is 0 Å². The van der Waals surface area contributed by atoms with Gasteiger partial charge < -0.3 is 19.4 Å². The number of aromatic nitrogens is 2. The first-order valence-electron chi connectivity index (χ1n) is 6.97. The van der Waals surface area contributed by atoms with Crippen molar-refractivity contribution in [1.82, 2.24) is 9.55 Å². The molecule has 0 aromatic carbocycles. The summed E-state index contributed by atoms with van der Waals surface area (Å²) >= 11 is 0. The number of nitrogens with zero attached hydrogens (tertiary/aromatic N) is 2. The van der Waals surface area contributed by atoms with Crippen LogP contribution in [0.2, 0.25) is 0 Å². The molecular weight excluding hydrogens is 242 g/mol. The average molecular weight is 269 g/mol. The van der Waals surface area contributed by atoms with Gasteiger partial charge in [0.05, 0.1) is 18.9 Å². The second-order valence-corrected chi connectivity index (χ2v) is 5.11. The summed E-state index contributed by atoms with van der Waals surface area (Å²) < 4.78 is 12.8. The maximum atomic E-state index is 5.64. The van der Waals surface area contributed by atoms with Crippen LogP contribution in [0.25, 0.3) is 0 Å². The highest BCUT2D eigenvalue weighted by Crippen LogP contribution is 2.08. The van der Waals surface area contributed by atoms with Crippen molar-refractivity contribution < 1.29 is 9.47 Å². The Morgan fingerprint density at radius 3 is 2.79 bits per heavy atom. The molecule has 1 rings (SSSR count). The van der Waals surface area contributed by atoms with E-state index in [1.807, 2.05) is 13.1 Å². The number of ether oxygens (including phenoxy) is 2. The molecule has 0 amide bonds. The van der Waals surface area contributed by atoms with Gasteiger partial charge in [-0.25, -0.2) is 4.98 Å². The largest absolute Gasteiger partial charge is 0.383 e. The predicted octanol–water partition coefficient (Wildman–Crippen LogP) is 2.31. The van der Waals surface area contributed by atoms with Crippen LogP contribution in [0.4, 0.5) is 5.95 Å². The van der Waals surface area contributed by atoms with Crippen molar-refractivity contribution in [3.8, 4) is 0 Å². The Labute approximate surface area is 116 Å². The summed E-state index contributed by atoms with van der Waals surface area (Å²) in [5.74, 6) is 1.59. The van der Waals surface area contributed by atoms with E-state index in [0.29, 0.717) is 12.5 Å². The van der Waals surface area contributed by atoms with Crippen LogP contribution in [0.1, 0.15) is 26.0 Å². The van der Waals surface area contributed by atoms with Gasteiger partial charge in [-0.1, -0.05) is 13.8 Å². The first-order chi connectivity index (χ1) is 9.13. The third kappa shape index (κ3) is 6.59. The van der Waals surface area contributed by atoms with Gasteiger partial charge in [0.2, 0.25) is 5.95 Å². The lowest BCUT2D eigenvalue weighted by atomic mass is 10.1. The van der Waals surface area contributed by atoms with Gasteiger partial charge in [-0.15, -0.1) is 0 Å². The van der Waals surface area contributed by atoms with Crippen LogP contribution in [0, 0.1) is 12.8 Å². The quantitative estimate of drug-likeness (QED) is 0.662. The highest BCUT2D eigenvalue weighted by molar-refractivity contribution is 5.28. The summed E-state index contributed by atoms with van der Waals surface area (Å²) in [5.41, 5.74) is 1.02. The number of hydrogen-bond donors (Lipinski definition) is 1. The van der Waals surface area contributed by atoms with Crippen LogP contribution in [-0.2, 0) is 16.0 Å². The standard InChI is InChI=1S/C14H27N3O2/c1-12(2)5-8-19-10-7-17-11-13(3)16-14(17)15-6-9-18-4/h11-12H,5-10H2,1-4H3,(H,15,16). The van der Waals surface area contributed by atoms with Crippen molar-refractivity contribution >= 4 is 5.95 Å². The number of nitrogens with one attached hydrogen (secondary N) is 1. The first-order valence-corrected chi connectivity index (χ1v) is 6.97. The van der Waals surface area contributed by atoms with Crippen molar-refractivity contribution in [2.75, 3.05) is 38.8 Å². The Hall–Kier alpha value is -1.07. The molecule has 0 fully saturated rings. The molecule has 0 radical (unpaired) electrons. The van der Waals surface area contributed by atoms with E-state index >= 15 is 0 Å². The monoisotopic (exact) mass is 269 g/mol. The Balaban J connectivity index is 2.31. The van der Waals surface area contributed by atoms with Crippen molar-refractivity contribution in [3.05, 3.63) is 11.9 Å². The molecule has 0 aliphatic rings. The van der Waals surface area contributed by atoms with Gasteiger partial charge in [0.15, 0.2) is 0 Å². The Kier molecular flexibility index (Phi) is 7.52. The fourth-order valence-electron chi connectivity index (χ4n) is 1.71. The van der Waals surface area contributed by atoms with Gasteiger partial charge in [-0.05, 0) is 19.3 Å². The topological polar surface area (TPSA) is 48.3 Å². The Bertz CT molecular complexity index is 350. The van der Waals surface area contributed by atoms with E-state index < -0.39 is 0 Å². The molecule has 0 saturated heterocycles. The molecule has 0 bridgehead atoms. The number of imidazole rings is 1. The van der Waals surface area contributed by atoms with Crippen LogP contribution >= 0.6 is 0 Å². The summed E-state index contributed by atoms with van der Waals surface area (Å²) in [6, 6.07) is 0. The molecule has 1 aromatic heterocycles. The highest BCUT2D eigenvalue weighted by Gasteiger charge is 2.04.